The second-order valence-electron chi connectivity index (χ2n) is 6.80. The Balaban J connectivity index is 0.00000363. The molecule has 0 saturated carbocycles. The fourth-order valence-electron chi connectivity index (χ4n) is 2.81. The van der Waals surface area contributed by atoms with E-state index in [2.05, 4.69) is 20.9 Å². The third kappa shape index (κ3) is 7.56. The molecule has 32 heavy (non-hydrogen) atoms. The molecule has 0 saturated heterocycles. The Bertz CT molecular complexity index is 1030. The van der Waals surface area contributed by atoms with E-state index in [9.17, 15) is 9.18 Å². The molecular weight excluding hydrogens is 526 g/mol. The maximum absolute atomic E-state index is 13.7. The van der Waals surface area contributed by atoms with Crippen LogP contribution in [0.3, 0.4) is 0 Å². The van der Waals surface area contributed by atoms with Crippen LogP contribution < -0.4 is 20.7 Å². The lowest BCUT2D eigenvalue weighted by atomic mass is 10.2. The molecule has 0 spiro atoms. The summed E-state index contributed by atoms with van der Waals surface area (Å²) in [6, 6.07) is 17.0. The number of para-hydroxylation sites is 1. The van der Waals surface area contributed by atoms with Gasteiger partial charge in [-0.15, -0.1) is 24.0 Å². The van der Waals surface area contributed by atoms with Crippen LogP contribution in [0.25, 0.3) is 0 Å². The molecule has 3 aromatic rings. The Morgan fingerprint density at radius 3 is 2.66 bits per heavy atom. The van der Waals surface area contributed by atoms with E-state index in [1.54, 1.807) is 43.4 Å². The summed E-state index contributed by atoms with van der Waals surface area (Å²) in [4.78, 5) is 16.3. The van der Waals surface area contributed by atoms with Crippen molar-refractivity contribution in [3.05, 3.63) is 84.1 Å². The number of furan rings is 1. The molecule has 0 fully saturated rings. The molecule has 0 bridgehead atoms. The standard InChI is InChI=1S/C23H25FN4O3.HI/c1-16(31-20-10-4-3-9-19(20)24)14-26-23(25-2)27-15-17-7-5-8-18(13-17)28-22(29)21-11-6-12-30-21;/h3-13,16H,14-15H2,1-2H3,(H,28,29)(H2,25,26,27);1H. The Labute approximate surface area is 203 Å². The largest absolute Gasteiger partial charge is 0.486 e. The van der Waals surface area contributed by atoms with Gasteiger partial charge in [0.15, 0.2) is 23.3 Å². The quantitative estimate of drug-likeness (QED) is 0.219. The molecule has 2 aromatic carbocycles. The molecule has 0 radical (unpaired) electrons. The number of anilines is 1. The molecule has 0 aliphatic carbocycles. The highest BCUT2D eigenvalue weighted by atomic mass is 127. The van der Waals surface area contributed by atoms with Crippen molar-refractivity contribution in [2.24, 2.45) is 4.99 Å². The van der Waals surface area contributed by atoms with Gasteiger partial charge in [-0.05, 0) is 48.9 Å². The molecule has 170 valence electrons. The van der Waals surface area contributed by atoms with E-state index in [4.69, 9.17) is 9.15 Å². The van der Waals surface area contributed by atoms with Crippen LogP contribution in [0.4, 0.5) is 10.1 Å². The van der Waals surface area contributed by atoms with Gasteiger partial charge in [0.25, 0.3) is 5.91 Å². The number of halogens is 2. The number of carbonyl (C=O) groups excluding carboxylic acids is 1. The minimum Gasteiger partial charge on any atom is -0.486 e. The van der Waals surface area contributed by atoms with Gasteiger partial charge in [0.05, 0.1) is 12.8 Å². The van der Waals surface area contributed by atoms with Crippen LogP contribution in [-0.4, -0.2) is 31.6 Å². The second-order valence-corrected chi connectivity index (χ2v) is 6.80. The monoisotopic (exact) mass is 552 g/mol. The lowest BCUT2D eigenvalue weighted by molar-refractivity contribution is 0.0996. The molecule has 1 amide bonds. The first-order chi connectivity index (χ1) is 15.0. The number of benzene rings is 2. The van der Waals surface area contributed by atoms with Gasteiger partial charge in [-0.3, -0.25) is 9.79 Å². The molecule has 3 N–H and O–H groups in total. The highest BCUT2D eigenvalue weighted by molar-refractivity contribution is 14.0. The first kappa shape index (κ1) is 25.2. The molecule has 3 rings (SSSR count). The number of nitrogens with one attached hydrogen (secondary N) is 3. The molecule has 7 nitrogen and oxygen atoms in total. The van der Waals surface area contributed by atoms with Crippen LogP contribution in [0.5, 0.6) is 5.75 Å². The van der Waals surface area contributed by atoms with Gasteiger partial charge in [-0.1, -0.05) is 24.3 Å². The summed E-state index contributed by atoms with van der Waals surface area (Å²) in [5, 5.41) is 9.16. The lowest BCUT2D eigenvalue weighted by Crippen LogP contribution is -2.41. The SMILES string of the molecule is CN=C(NCc1cccc(NC(=O)c2ccco2)c1)NCC(C)Oc1ccccc1F.I. The molecular formula is C23H26FIN4O3. The van der Waals surface area contributed by atoms with Gasteiger partial charge in [0.2, 0.25) is 0 Å². The van der Waals surface area contributed by atoms with Crippen molar-refractivity contribution in [1.82, 2.24) is 10.6 Å². The average molecular weight is 552 g/mol. The maximum atomic E-state index is 13.7. The molecule has 0 aliphatic heterocycles. The Morgan fingerprint density at radius 2 is 1.94 bits per heavy atom. The summed E-state index contributed by atoms with van der Waals surface area (Å²) in [6.45, 7) is 2.78. The number of carbonyl (C=O) groups is 1. The van der Waals surface area contributed by atoms with E-state index in [0.717, 1.165) is 5.56 Å². The van der Waals surface area contributed by atoms with Gasteiger partial charge in [0.1, 0.15) is 6.10 Å². The highest BCUT2D eigenvalue weighted by Gasteiger charge is 2.10. The number of ether oxygens (including phenoxy) is 1. The molecule has 1 heterocycles. The summed E-state index contributed by atoms with van der Waals surface area (Å²) in [5.41, 5.74) is 1.62. The van der Waals surface area contributed by atoms with Crippen LogP contribution in [0, 0.1) is 5.82 Å². The fourth-order valence-corrected chi connectivity index (χ4v) is 2.81. The number of aliphatic imine (C=N–C) groups is 1. The summed E-state index contributed by atoms with van der Waals surface area (Å²) in [6.07, 6.45) is 1.19. The summed E-state index contributed by atoms with van der Waals surface area (Å²) in [5.74, 6) is 0.342. The number of rotatable bonds is 8. The van der Waals surface area contributed by atoms with Crippen LogP contribution in [0.15, 0.2) is 76.3 Å². The third-order valence-corrected chi connectivity index (χ3v) is 4.34. The number of hydrogen-bond donors (Lipinski definition) is 3. The molecule has 0 aliphatic rings. The van der Waals surface area contributed by atoms with Gasteiger partial charge < -0.3 is 25.1 Å². The normalized spacial score (nSPS) is 11.8. The first-order valence-electron chi connectivity index (χ1n) is 9.84. The zero-order chi connectivity index (χ0) is 22.1. The molecule has 1 aromatic heterocycles. The van der Waals surface area contributed by atoms with E-state index in [-0.39, 0.29) is 47.5 Å². The number of nitrogens with zero attached hydrogens (tertiary/aromatic N) is 1. The van der Waals surface area contributed by atoms with Crippen molar-refractivity contribution < 1.29 is 18.3 Å². The average Bonchev–Trinajstić information content (AvgIpc) is 3.31. The van der Waals surface area contributed by atoms with Crippen molar-refractivity contribution in [3.8, 4) is 5.75 Å². The van der Waals surface area contributed by atoms with Gasteiger partial charge >= 0.3 is 0 Å². The van der Waals surface area contributed by atoms with Crippen molar-refractivity contribution in [3.63, 3.8) is 0 Å². The Hall–Kier alpha value is -3.08. The van der Waals surface area contributed by atoms with Crippen LogP contribution in [0.2, 0.25) is 0 Å². The van der Waals surface area contributed by atoms with Crippen molar-refractivity contribution in [1.29, 1.82) is 0 Å². The Morgan fingerprint density at radius 1 is 1.12 bits per heavy atom. The van der Waals surface area contributed by atoms with Crippen molar-refractivity contribution in [2.75, 3.05) is 18.9 Å². The molecule has 1 unspecified atom stereocenters. The minimum absolute atomic E-state index is 0. The fraction of sp³-hybridized carbons (Fsp3) is 0.217. The predicted molar refractivity (Wildman–Crippen MR) is 133 cm³/mol. The topological polar surface area (TPSA) is 87.9 Å². The third-order valence-electron chi connectivity index (χ3n) is 4.34. The van der Waals surface area contributed by atoms with Crippen LogP contribution in [-0.2, 0) is 6.54 Å². The van der Waals surface area contributed by atoms with Crippen LogP contribution in [0.1, 0.15) is 23.0 Å². The minimum atomic E-state index is -0.393. The Kier molecular flexibility index (Phi) is 9.99. The van der Waals surface area contributed by atoms with E-state index < -0.39 is 5.82 Å². The van der Waals surface area contributed by atoms with Crippen molar-refractivity contribution >= 4 is 41.5 Å². The number of hydrogen-bond acceptors (Lipinski definition) is 4. The first-order valence-corrected chi connectivity index (χ1v) is 9.84. The van der Waals surface area contributed by atoms with E-state index >= 15 is 0 Å². The van der Waals surface area contributed by atoms with Gasteiger partial charge in [0, 0.05) is 19.3 Å². The zero-order valence-corrected chi connectivity index (χ0v) is 20.1. The molecule has 9 heteroatoms. The van der Waals surface area contributed by atoms with Crippen molar-refractivity contribution in [2.45, 2.75) is 19.6 Å². The highest BCUT2D eigenvalue weighted by Crippen LogP contribution is 2.17. The van der Waals surface area contributed by atoms with Gasteiger partial charge in [-0.25, -0.2) is 4.39 Å². The van der Waals surface area contributed by atoms with E-state index in [1.165, 1.54) is 12.3 Å². The number of guanidine groups is 1. The zero-order valence-electron chi connectivity index (χ0n) is 17.8. The summed E-state index contributed by atoms with van der Waals surface area (Å²) in [7, 11) is 1.66. The van der Waals surface area contributed by atoms with E-state index in [1.807, 2.05) is 25.1 Å². The second kappa shape index (κ2) is 12.7. The van der Waals surface area contributed by atoms with Crippen LogP contribution >= 0.6 is 24.0 Å². The number of amides is 1. The maximum Gasteiger partial charge on any atom is 0.291 e. The summed E-state index contributed by atoms with van der Waals surface area (Å²) < 4.78 is 24.4. The lowest BCUT2D eigenvalue weighted by Gasteiger charge is -2.18. The smallest absolute Gasteiger partial charge is 0.291 e. The van der Waals surface area contributed by atoms with Gasteiger partial charge in [-0.2, -0.15) is 0 Å². The predicted octanol–water partition coefficient (Wildman–Crippen LogP) is 4.42. The van der Waals surface area contributed by atoms with E-state index in [0.29, 0.717) is 24.7 Å². The summed E-state index contributed by atoms with van der Waals surface area (Å²) >= 11 is 0. The molecule has 1 atom stereocenters.